The standard InChI is InChI=1S/C14H20FN5OS2/c15-11-1-3-12(4-2-11)17-14(23)19-18-13(22)16-5-6-20-7-9-21-10-8-20/h1-4H,5-10H2,(H2,16,18,22)(H2,17,19,23)/p+1. The van der Waals surface area contributed by atoms with Gasteiger partial charge in [-0.1, -0.05) is 0 Å². The molecule has 6 nitrogen and oxygen atoms in total. The van der Waals surface area contributed by atoms with Crippen LogP contribution in [0.4, 0.5) is 10.1 Å². The van der Waals surface area contributed by atoms with E-state index in [0.29, 0.717) is 15.9 Å². The number of morpholine rings is 1. The van der Waals surface area contributed by atoms with Crippen LogP contribution in [-0.2, 0) is 4.74 Å². The Morgan fingerprint density at radius 3 is 2.43 bits per heavy atom. The molecule has 9 heteroatoms. The highest BCUT2D eigenvalue weighted by Gasteiger charge is 2.12. The number of quaternary nitrogens is 1. The van der Waals surface area contributed by atoms with E-state index in [2.05, 4.69) is 21.5 Å². The summed E-state index contributed by atoms with van der Waals surface area (Å²) in [5.74, 6) is -0.291. The van der Waals surface area contributed by atoms with Gasteiger partial charge in [0.2, 0.25) is 0 Å². The second-order valence-corrected chi connectivity index (χ2v) is 5.90. The second-order valence-electron chi connectivity index (χ2n) is 5.08. The van der Waals surface area contributed by atoms with Crippen LogP contribution in [0.25, 0.3) is 0 Å². The minimum absolute atomic E-state index is 0.291. The van der Waals surface area contributed by atoms with E-state index in [1.54, 1.807) is 12.1 Å². The fourth-order valence-corrected chi connectivity index (χ4v) is 2.44. The lowest BCUT2D eigenvalue weighted by Gasteiger charge is -2.24. The topological polar surface area (TPSA) is 61.8 Å². The fraction of sp³-hybridized carbons (Fsp3) is 0.429. The Morgan fingerprint density at radius 1 is 1.09 bits per heavy atom. The van der Waals surface area contributed by atoms with Gasteiger partial charge in [-0.05, 0) is 48.7 Å². The van der Waals surface area contributed by atoms with Crippen molar-refractivity contribution in [2.24, 2.45) is 0 Å². The maximum Gasteiger partial charge on any atom is 0.189 e. The molecule has 0 bridgehead atoms. The van der Waals surface area contributed by atoms with Gasteiger partial charge in [0.25, 0.3) is 0 Å². The number of nitrogens with one attached hydrogen (secondary N) is 5. The molecule has 0 atom stereocenters. The lowest BCUT2D eigenvalue weighted by Crippen LogP contribution is -3.14. The monoisotopic (exact) mass is 358 g/mol. The first kappa shape index (κ1) is 17.8. The number of rotatable bonds is 4. The van der Waals surface area contributed by atoms with E-state index < -0.39 is 0 Å². The van der Waals surface area contributed by atoms with Crippen LogP contribution in [0, 0.1) is 5.82 Å². The van der Waals surface area contributed by atoms with Gasteiger partial charge in [-0.15, -0.1) is 0 Å². The van der Waals surface area contributed by atoms with Crippen LogP contribution in [0.1, 0.15) is 0 Å². The summed E-state index contributed by atoms with van der Waals surface area (Å²) in [7, 11) is 0. The van der Waals surface area contributed by atoms with Gasteiger partial charge in [0, 0.05) is 5.69 Å². The molecule has 2 rings (SSSR count). The lowest BCUT2D eigenvalue weighted by molar-refractivity contribution is -0.906. The van der Waals surface area contributed by atoms with Crippen molar-refractivity contribution in [3.8, 4) is 0 Å². The van der Waals surface area contributed by atoms with Crippen molar-refractivity contribution in [3.63, 3.8) is 0 Å². The molecule has 0 spiro atoms. The maximum atomic E-state index is 12.8. The SMILES string of the molecule is Fc1ccc(NC(=S)NNC(=S)NCC[NH+]2CCOCC2)cc1. The largest absolute Gasteiger partial charge is 0.370 e. The lowest BCUT2D eigenvalue weighted by atomic mass is 10.3. The summed E-state index contributed by atoms with van der Waals surface area (Å²) in [6.07, 6.45) is 0. The number of anilines is 1. The van der Waals surface area contributed by atoms with Gasteiger partial charge < -0.3 is 20.3 Å². The van der Waals surface area contributed by atoms with Crippen molar-refractivity contribution in [2.75, 3.05) is 44.7 Å². The van der Waals surface area contributed by atoms with Gasteiger partial charge in [0.15, 0.2) is 10.2 Å². The van der Waals surface area contributed by atoms with Gasteiger partial charge in [0.05, 0.1) is 26.3 Å². The van der Waals surface area contributed by atoms with E-state index in [-0.39, 0.29) is 5.82 Å². The molecule has 1 aliphatic heterocycles. The average molecular weight is 358 g/mol. The Morgan fingerprint density at radius 2 is 1.74 bits per heavy atom. The Hall–Kier alpha value is -1.55. The van der Waals surface area contributed by atoms with Crippen LogP contribution in [0.2, 0.25) is 0 Å². The number of hydrogen-bond acceptors (Lipinski definition) is 3. The van der Waals surface area contributed by atoms with Crippen molar-refractivity contribution in [3.05, 3.63) is 30.1 Å². The molecule has 0 amide bonds. The molecule has 1 aromatic rings. The van der Waals surface area contributed by atoms with E-state index in [1.165, 1.54) is 17.0 Å². The number of halogens is 1. The molecule has 23 heavy (non-hydrogen) atoms. The summed E-state index contributed by atoms with van der Waals surface area (Å²) >= 11 is 10.3. The number of thiocarbonyl (C=S) groups is 2. The predicted molar refractivity (Wildman–Crippen MR) is 95.9 cm³/mol. The number of benzene rings is 1. The first-order valence-electron chi connectivity index (χ1n) is 7.41. The second kappa shape index (κ2) is 9.56. The van der Waals surface area contributed by atoms with Gasteiger partial charge in [0.1, 0.15) is 18.9 Å². The minimum atomic E-state index is -0.291. The zero-order valence-electron chi connectivity index (χ0n) is 12.7. The maximum absolute atomic E-state index is 12.8. The predicted octanol–water partition coefficient (Wildman–Crippen LogP) is -0.594. The first-order valence-corrected chi connectivity index (χ1v) is 8.23. The summed E-state index contributed by atoms with van der Waals surface area (Å²) in [5.41, 5.74) is 6.29. The van der Waals surface area contributed by atoms with Crippen LogP contribution in [0.5, 0.6) is 0 Å². The third-order valence-corrected chi connectivity index (χ3v) is 3.81. The van der Waals surface area contributed by atoms with Crippen LogP contribution < -0.4 is 26.4 Å². The van der Waals surface area contributed by atoms with Gasteiger partial charge in [-0.2, -0.15) is 0 Å². The minimum Gasteiger partial charge on any atom is -0.370 e. The molecule has 1 fully saturated rings. The summed E-state index contributed by atoms with van der Waals surface area (Å²) in [4.78, 5) is 1.51. The molecule has 1 saturated heterocycles. The smallest absolute Gasteiger partial charge is 0.189 e. The molecule has 1 aromatic carbocycles. The Balaban J connectivity index is 1.58. The number of hydrazine groups is 1. The zero-order valence-corrected chi connectivity index (χ0v) is 14.3. The van der Waals surface area contributed by atoms with E-state index in [4.69, 9.17) is 29.2 Å². The molecule has 1 aliphatic rings. The Labute approximate surface area is 145 Å². The van der Waals surface area contributed by atoms with E-state index in [1.807, 2.05) is 0 Å². The highest BCUT2D eigenvalue weighted by Crippen LogP contribution is 2.07. The van der Waals surface area contributed by atoms with E-state index in [0.717, 1.165) is 39.4 Å². The first-order chi connectivity index (χ1) is 11.1. The summed E-state index contributed by atoms with van der Waals surface area (Å²) in [6.45, 7) is 5.48. The summed E-state index contributed by atoms with van der Waals surface area (Å²) < 4.78 is 18.1. The third-order valence-electron chi connectivity index (χ3n) is 3.36. The van der Waals surface area contributed by atoms with Crippen molar-refractivity contribution in [1.82, 2.24) is 16.2 Å². The van der Waals surface area contributed by atoms with Crippen molar-refractivity contribution >= 4 is 40.3 Å². The Bertz CT molecular complexity index is 522. The van der Waals surface area contributed by atoms with Gasteiger partial charge in [-0.25, -0.2) is 4.39 Å². The van der Waals surface area contributed by atoms with Crippen LogP contribution in [0.15, 0.2) is 24.3 Å². The van der Waals surface area contributed by atoms with Crippen molar-refractivity contribution < 1.29 is 14.0 Å². The molecule has 0 saturated carbocycles. The highest BCUT2D eigenvalue weighted by molar-refractivity contribution is 7.80. The summed E-state index contributed by atoms with van der Waals surface area (Å²) in [5, 5.41) is 6.85. The number of hydrogen-bond donors (Lipinski definition) is 5. The van der Waals surface area contributed by atoms with Crippen molar-refractivity contribution in [2.45, 2.75) is 0 Å². The van der Waals surface area contributed by atoms with Crippen LogP contribution in [0.3, 0.4) is 0 Å². The number of ether oxygens (including phenoxy) is 1. The van der Waals surface area contributed by atoms with E-state index >= 15 is 0 Å². The fourth-order valence-electron chi connectivity index (χ4n) is 2.12. The van der Waals surface area contributed by atoms with Crippen LogP contribution >= 0.6 is 24.4 Å². The highest BCUT2D eigenvalue weighted by atomic mass is 32.1. The quantitative estimate of drug-likeness (QED) is 0.364. The molecule has 126 valence electrons. The zero-order chi connectivity index (χ0) is 16.5. The normalized spacial score (nSPS) is 14.8. The van der Waals surface area contributed by atoms with E-state index in [9.17, 15) is 4.39 Å². The third kappa shape index (κ3) is 7.04. The summed E-state index contributed by atoms with van der Waals surface area (Å²) in [6, 6.07) is 5.92. The molecule has 0 radical (unpaired) electrons. The molecule has 0 unspecified atom stereocenters. The Kier molecular flexibility index (Phi) is 7.40. The molecule has 0 aliphatic carbocycles. The molecule has 0 aromatic heterocycles. The van der Waals surface area contributed by atoms with Gasteiger partial charge >= 0.3 is 0 Å². The molecular weight excluding hydrogens is 337 g/mol. The molecule has 5 N–H and O–H groups in total. The molecule has 1 heterocycles. The van der Waals surface area contributed by atoms with Gasteiger partial charge in [-0.3, -0.25) is 10.9 Å². The average Bonchev–Trinajstić information content (AvgIpc) is 2.56. The molecular formula is C14H21FN5OS2+. The van der Waals surface area contributed by atoms with Crippen molar-refractivity contribution in [1.29, 1.82) is 0 Å². The van der Waals surface area contributed by atoms with Crippen LogP contribution in [-0.4, -0.2) is 49.6 Å².